The van der Waals surface area contributed by atoms with Crippen LogP contribution in [-0.2, 0) is 9.47 Å². The van der Waals surface area contributed by atoms with Crippen molar-refractivity contribution in [3.05, 3.63) is 12.2 Å². The molecule has 0 amide bonds. The van der Waals surface area contributed by atoms with Crippen molar-refractivity contribution in [3.63, 3.8) is 0 Å². The van der Waals surface area contributed by atoms with Crippen LogP contribution in [0.1, 0.15) is 45.4 Å². The van der Waals surface area contributed by atoms with Crippen molar-refractivity contribution in [2.24, 2.45) is 0 Å². The van der Waals surface area contributed by atoms with E-state index in [1.165, 1.54) is 6.42 Å². The molecule has 4 atom stereocenters. The molecule has 1 fully saturated rings. The van der Waals surface area contributed by atoms with Crippen LogP contribution in [0.25, 0.3) is 0 Å². The van der Waals surface area contributed by atoms with E-state index in [2.05, 4.69) is 19.1 Å². The van der Waals surface area contributed by atoms with Crippen LogP contribution in [0.15, 0.2) is 12.2 Å². The Morgan fingerprint density at radius 1 is 1.19 bits per heavy atom. The van der Waals surface area contributed by atoms with Crippen LogP contribution >= 0.6 is 0 Å². The van der Waals surface area contributed by atoms with Crippen molar-refractivity contribution in [3.8, 4) is 0 Å². The summed E-state index contributed by atoms with van der Waals surface area (Å²) in [7, 11) is 0. The van der Waals surface area contributed by atoms with Crippen LogP contribution in [0.2, 0.25) is 0 Å². The second-order valence-corrected chi connectivity index (χ2v) is 5.61. The second-order valence-electron chi connectivity index (χ2n) is 5.61. The van der Waals surface area contributed by atoms with Crippen molar-refractivity contribution >= 4 is 0 Å². The molecule has 124 valence electrons. The molecule has 1 rings (SSSR count). The fraction of sp³-hybridized carbons (Fsp3) is 0.875. The summed E-state index contributed by atoms with van der Waals surface area (Å²) in [5.41, 5.74) is 0. The Bertz CT molecular complexity index is 282. The maximum atomic E-state index is 9.83. The van der Waals surface area contributed by atoms with Gasteiger partial charge in [0.25, 0.3) is 0 Å². The third kappa shape index (κ3) is 7.38. The molecule has 1 aliphatic rings. The summed E-state index contributed by atoms with van der Waals surface area (Å²) in [6.45, 7) is 2.97. The van der Waals surface area contributed by atoms with Gasteiger partial charge in [0.1, 0.15) is 24.4 Å². The van der Waals surface area contributed by atoms with Crippen molar-refractivity contribution < 1.29 is 24.8 Å². The Hall–Kier alpha value is -0.460. The summed E-state index contributed by atoms with van der Waals surface area (Å²) >= 11 is 0. The van der Waals surface area contributed by atoms with Gasteiger partial charge in [0.2, 0.25) is 0 Å². The van der Waals surface area contributed by atoms with Gasteiger partial charge in [0.15, 0.2) is 0 Å². The third-order valence-electron chi connectivity index (χ3n) is 3.64. The number of aliphatic hydroxyl groups is 3. The lowest BCUT2D eigenvalue weighted by atomic mass is 10.1. The highest BCUT2D eigenvalue weighted by Gasteiger charge is 2.39. The quantitative estimate of drug-likeness (QED) is 0.397. The Balaban J connectivity index is 1.94. The smallest absolute Gasteiger partial charge is 0.114 e. The van der Waals surface area contributed by atoms with E-state index in [0.29, 0.717) is 6.61 Å². The number of aliphatic hydroxyl groups excluding tert-OH is 3. The molecule has 0 aliphatic carbocycles. The van der Waals surface area contributed by atoms with Gasteiger partial charge in [-0.2, -0.15) is 0 Å². The van der Waals surface area contributed by atoms with Gasteiger partial charge in [-0.3, -0.25) is 0 Å². The Labute approximate surface area is 127 Å². The Morgan fingerprint density at radius 3 is 2.62 bits per heavy atom. The molecule has 0 aromatic carbocycles. The molecule has 1 aliphatic heterocycles. The van der Waals surface area contributed by atoms with Crippen LogP contribution < -0.4 is 0 Å². The van der Waals surface area contributed by atoms with Gasteiger partial charge in [-0.05, 0) is 25.7 Å². The van der Waals surface area contributed by atoms with E-state index in [1.54, 1.807) is 0 Å². The van der Waals surface area contributed by atoms with E-state index in [1.807, 2.05) is 0 Å². The molecule has 21 heavy (non-hydrogen) atoms. The lowest BCUT2D eigenvalue weighted by molar-refractivity contribution is -0.0813. The first-order valence-electron chi connectivity index (χ1n) is 8.05. The van der Waals surface area contributed by atoms with E-state index in [-0.39, 0.29) is 13.2 Å². The number of unbranched alkanes of at least 4 members (excludes halogenated alkanes) is 4. The maximum Gasteiger partial charge on any atom is 0.114 e. The molecule has 0 radical (unpaired) electrons. The average molecular weight is 302 g/mol. The standard InChI is InChI=1S/C16H30O5/c1-2-3-4-5-6-7-8-9-10-20-11-14(18)16-15(19)13(17)12-21-16/h4-5,13-19H,2-3,6-12H2,1H3/b5-4+/t13-,14+,15-,16-/m1/s1. The minimum absolute atomic E-state index is 0.0639. The lowest BCUT2D eigenvalue weighted by Gasteiger charge is -2.20. The predicted molar refractivity (Wildman–Crippen MR) is 81.1 cm³/mol. The zero-order valence-electron chi connectivity index (χ0n) is 13.0. The first kappa shape index (κ1) is 18.6. The molecule has 0 spiro atoms. The third-order valence-corrected chi connectivity index (χ3v) is 3.64. The van der Waals surface area contributed by atoms with Gasteiger partial charge >= 0.3 is 0 Å². The number of allylic oxidation sites excluding steroid dienone is 2. The van der Waals surface area contributed by atoms with Crippen LogP contribution in [0.3, 0.4) is 0 Å². The zero-order chi connectivity index (χ0) is 15.5. The van der Waals surface area contributed by atoms with Crippen LogP contribution in [0.4, 0.5) is 0 Å². The average Bonchev–Trinajstić information content (AvgIpc) is 2.81. The molecule has 5 nitrogen and oxygen atoms in total. The van der Waals surface area contributed by atoms with Crippen LogP contribution in [-0.4, -0.2) is 59.6 Å². The highest BCUT2D eigenvalue weighted by Crippen LogP contribution is 2.17. The van der Waals surface area contributed by atoms with E-state index < -0.39 is 24.4 Å². The van der Waals surface area contributed by atoms with Crippen molar-refractivity contribution in [2.75, 3.05) is 19.8 Å². The van der Waals surface area contributed by atoms with Gasteiger partial charge < -0.3 is 24.8 Å². The molecule has 0 unspecified atom stereocenters. The molecule has 0 saturated carbocycles. The fourth-order valence-corrected chi connectivity index (χ4v) is 2.31. The van der Waals surface area contributed by atoms with E-state index in [4.69, 9.17) is 9.47 Å². The van der Waals surface area contributed by atoms with Crippen molar-refractivity contribution in [2.45, 2.75) is 69.9 Å². The molecular weight excluding hydrogens is 272 g/mol. The first-order valence-corrected chi connectivity index (χ1v) is 8.05. The zero-order valence-corrected chi connectivity index (χ0v) is 13.0. The van der Waals surface area contributed by atoms with Gasteiger partial charge in [-0.1, -0.05) is 31.9 Å². The summed E-state index contributed by atoms with van der Waals surface area (Å²) in [6, 6.07) is 0. The number of rotatable bonds is 11. The predicted octanol–water partition coefficient (Wildman–Crippen LogP) is 1.40. The second kappa shape index (κ2) is 11.2. The maximum absolute atomic E-state index is 9.83. The molecule has 5 heteroatoms. The normalized spacial score (nSPS) is 27.5. The number of hydrogen-bond acceptors (Lipinski definition) is 5. The minimum Gasteiger partial charge on any atom is -0.388 e. The van der Waals surface area contributed by atoms with E-state index in [9.17, 15) is 15.3 Å². The lowest BCUT2D eigenvalue weighted by Crippen LogP contribution is -2.40. The van der Waals surface area contributed by atoms with Crippen LogP contribution in [0, 0.1) is 0 Å². The number of ether oxygens (including phenoxy) is 2. The summed E-state index contributed by atoms with van der Waals surface area (Å²) in [6.07, 6.45) is 7.58. The summed E-state index contributed by atoms with van der Waals surface area (Å²) < 4.78 is 10.5. The fourth-order valence-electron chi connectivity index (χ4n) is 2.31. The van der Waals surface area contributed by atoms with Gasteiger partial charge in [-0.25, -0.2) is 0 Å². The van der Waals surface area contributed by atoms with Gasteiger partial charge in [0, 0.05) is 6.61 Å². The van der Waals surface area contributed by atoms with E-state index in [0.717, 1.165) is 32.1 Å². The largest absolute Gasteiger partial charge is 0.388 e. The van der Waals surface area contributed by atoms with Crippen LogP contribution in [0.5, 0.6) is 0 Å². The Kier molecular flexibility index (Phi) is 9.87. The monoisotopic (exact) mass is 302 g/mol. The van der Waals surface area contributed by atoms with Crippen molar-refractivity contribution in [1.29, 1.82) is 0 Å². The molecule has 0 aromatic rings. The Morgan fingerprint density at radius 2 is 1.95 bits per heavy atom. The molecule has 1 heterocycles. The molecule has 0 bridgehead atoms. The van der Waals surface area contributed by atoms with Gasteiger partial charge in [-0.15, -0.1) is 0 Å². The first-order chi connectivity index (χ1) is 10.2. The van der Waals surface area contributed by atoms with Crippen molar-refractivity contribution in [1.82, 2.24) is 0 Å². The SMILES string of the molecule is CCC/C=C/CCCCCOC[C@H](O)[C@H]1OC[C@@H](O)[C@H]1O. The number of hydrogen-bond donors (Lipinski definition) is 3. The summed E-state index contributed by atoms with van der Waals surface area (Å²) in [5.74, 6) is 0. The topological polar surface area (TPSA) is 79.2 Å². The molecule has 0 aromatic heterocycles. The highest BCUT2D eigenvalue weighted by molar-refractivity contribution is 4.87. The molecule has 1 saturated heterocycles. The molecule has 3 N–H and O–H groups in total. The highest BCUT2D eigenvalue weighted by atomic mass is 16.5. The summed E-state index contributed by atoms with van der Waals surface area (Å²) in [5, 5.41) is 28.8. The molecular formula is C16H30O5. The summed E-state index contributed by atoms with van der Waals surface area (Å²) in [4.78, 5) is 0. The minimum atomic E-state index is -1.03. The van der Waals surface area contributed by atoms with E-state index >= 15 is 0 Å². The van der Waals surface area contributed by atoms with Gasteiger partial charge in [0.05, 0.1) is 13.2 Å².